The Morgan fingerprint density at radius 1 is 1.47 bits per heavy atom. The average Bonchev–Trinajstić information content (AvgIpc) is 2.18. The first-order valence-corrected chi connectivity index (χ1v) is 4.79. The normalized spacial score (nSPS) is 9.20. The Morgan fingerprint density at radius 2 is 2.13 bits per heavy atom. The third-order valence-electron chi connectivity index (χ3n) is 1.99. The van der Waals surface area contributed by atoms with Crippen LogP contribution in [-0.4, -0.2) is 12.5 Å². The Kier molecular flexibility index (Phi) is 5.79. The Hall–Kier alpha value is -1.22. The van der Waals surface area contributed by atoms with Gasteiger partial charge in [-0.1, -0.05) is 18.6 Å². The maximum absolute atomic E-state index is 11.6. The lowest BCUT2D eigenvalue weighted by atomic mass is 10.1. The molecular weight excluding hydrogens is 212 g/mol. The highest BCUT2D eigenvalue weighted by Gasteiger charge is 2.08. The zero-order valence-electron chi connectivity index (χ0n) is 9.04. The van der Waals surface area contributed by atoms with Gasteiger partial charge in [0.15, 0.2) is 0 Å². The van der Waals surface area contributed by atoms with Crippen LogP contribution in [-0.2, 0) is 0 Å². The molecule has 0 aliphatic carbocycles. The highest BCUT2D eigenvalue weighted by molar-refractivity contribution is 5.99. The van der Waals surface area contributed by atoms with Crippen molar-refractivity contribution in [2.45, 2.75) is 20.3 Å². The van der Waals surface area contributed by atoms with E-state index in [1.807, 2.05) is 19.9 Å². The largest absolute Gasteiger partial charge is 0.398 e. The van der Waals surface area contributed by atoms with Gasteiger partial charge in [0.25, 0.3) is 5.91 Å². The van der Waals surface area contributed by atoms with E-state index in [0.717, 1.165) is 12.0 Å². The summed E-state index contributed by atoms with van der Waals surface area (Å²) in [5.41, 5.74) is 7.84. The summed E-state index contributed by atoms with van der Waals surface area (Å²) in [5, 5.41) is 2.80. The first kappa shape index (κ1) is 13.8. The molecule has 3 nitrogen and oxygen atoms in total. The Balaban J connectivity index is 0.00000196. The standard InChI is InChI=1S/C11H16N2O.ClH/c1-3-6-13-11(14)9-7-8(2)4-5-10(9)12;/h4-5,7H,3,6,12H2,1-2H3,(H,13,14);1H. The number of carbonyl (C=O) groups excluding carboxylic acids is 1. The second-order valence-corrected chi connectivity index (χ2v) is 3.35. The third kappa shape index (κ3) is 3.80. The lowest BCUT2D eigenvalue weighted by Crippen LogP contribution is -2.24. The molecular formula is C11H17ClN2O. The van der Waals surface area contributed by atoms with E-state index in [2.05, 4.69) is 5.32 Å². The summed E-state index contributed by atoms with van der Waals surface area (Å²) in [6.45, 7) is 4.64. The molecule has 0 saturated carbocycles. The van der Waals surface area contributed by atoms with Crippen LogP contribution in [0, 0.1) is 6.92 Å². The van der Waals surface area contributed by atoms with E-state index in [1.54, 1.807) is 12.1 Å². The van der Waals surface area contributed by atoms with Crippen LogP contribution in [0.3, 0.4) is 0 Å². The third-order valence-corrected chi connectivity index (χ3v) is 1.99. The summed E-state index contributed by atoms with van der Waals surface area (Å²) in [6.07, 6.45) is 0.928. The van der Waals surface area contributed by atoms with Crippen molar-refractivity contribution in [1.82, 2.24) is 5.32 Å². The number of nitrogen functional groups attached to an aromatic ring is 1. The summed E-state index contributed by atoms with van der Waals surface area (Å²) in [4.78, 5) is 11.6. The lowest BCUT2D eigenvalue weighted by Gasteiger charge is -2.07. The fourth-order valence-corrected chi connectivity index (χ4v) is 1.20. The van der Waals surface area contributed by atoms with E-state index in [1.165, 1.54) is 0 Å². The molecule has 1 aromatic rings. The van der Waals surface area contributed by atoms with Gasteiger partial charge in [-0.2, -0.15) is 0 Å². The minimum absolute atomic E-state index is 0. The van der Waals surface area contributed by atoms with Crippen LogP contribution < -0.4 is 11.1 Å². The molecule has 0 bridgehead atoms. The summed E-state index contributed by atoms with van der Waals surface area (Å²) in [5.74, 6) is -0.0898. The molecule has 0 aliphatic rings. The Morgan fingerprint density at radius 3 is 2.73 bits per heavy atom. The van der Waals surface area contributed by atoms with Gasteiger partial charge in [-0.25, -0.2) is 0 Å². The van der Waals surface area contributed by atoms with Crippen LogP contribution >= 0.6 is 12.4 Å². The maximum Gasteiger partial charge on any atom is 0.253 e. The molecule has 1 rings (SSSR count). The number of aryl methyl sites for hydroxylation is 1. The Bertz CT molecular complexity index is 339. The highest BCUT2D eigenvalue weighted by Crippen LogP contribution is 2.13. The van der Waals surface area contributed by atoms with Gasteiger partial charge in [0.1, 0.15) is 0 Å². The van der Waals surface area contributed by atoms with Crippen molar-refractivity contribution in [3.63, 3.8) is 0 Å². The van der Waals surface area contributed by atoms with Gasteiger partial charge < -0.3 is 11.1 Å². The molecule has 0 unspecified atom stereocenters. The number of benzene rings is 1. The first-order chi connectivity index (χ1) is 6.65. The van der Waals surface area contributed by atoms with E-state index < -0.39 is 0 Å². The molecule has 0 aromatic heterocycles. The smallest absolute Gasteiger partial charge is 0.253 e. The van der Waals surface area contributed by atoms with Crippen molar-refractivity contribution in [2.75, 3.05) is 12.3 Å². The van der Waals surface area contributed by atoms with Crippen molar-refractivity contribution >= 4 is 24.0 Å². The van der Waals surface area contributed by atoms with Crippen molar-refractivity contribution in [1.29, 1.82) is 0 Å². The second kappa shape index (κ2) is 6.30. The summed E-state index contributed by atoms with van der Waals surface area (Å²) >= 11 is 0. The molecule has 0 spiro atoms. The Labute approximate surface area is 96.5 Å². The van der Waals surface area contributed by atoms with Crippen LogP contribution in [0.15, 0.2) is 18.2 Å². The molecule has 15 heavy (non-hydrogen) atoms. The molecule has 1 aromatic carbocycles. The minimum Gasteiger partial charge on any atom is -0.398 e. The predicted octanol–water partition coefficient (Wildman–Crippen LogP) is 2.14. The average molecular weight is 229 g/mol. The summed E-state index contributed by atoms with van der Waals surface area (Å²) < 4.78 is 0. The predicted molar refractivity (Wildman–Crippen MR) is 65.5 cm³/mol. The number of nitrogens with two attached hydrogens (primary N) is 1. The van der Waals surface area contributed by atoms with Crippen LogP contribution in [0.2, 0.25) is 0 Å². The fraction of sp³-hybridized carbons (Fsp3) is 0.364. The zero-order valence-corrected chi connectivity index (χ0v) is 9.86. The van der Waals surface area contributed by atoms with Gasteiger partial charge in [0, 0.05) is 12.2 Å². The van der Waals surface area contributed by atoms with Crippen LogP contribution in [0.1, 0.15) is 29.3 Å². The molecule has 0 heterocycles. The molecule has 0 fully saturated rings. The molecule has 4 heteroatoms. The number of hydrogen-bond acceptors (Lipinski definition) is 2. The van der Waals surface area contributed by atoms with E-state index in [9.17, 15) is 4.79 Å². The van der Waals surface area contributed by atoms with Crippen LogP contribution in [0.5, 0.6) is 0 Å². The maximum atomic E-state index is 11.6. The fourth-order valence-electron chi connectivity index (χ4n) is 1.20. The van der Waals surface area contributed by atoms with Crippen molar-refractivity contribution in [2.24, 2.45) is 0 Å². The number of hydrogen-bond donors (Lipinski definition) is 2. The summed E-state index contributed by atoms with van der Waals surface area (Å²) in [6, 6.07) is 5.46. The minimum atomic E-state index is -0.0898. The first-order valence-electron chi connectivity index (χ1n) is 4.79. The molecule has 3 N–H and O–H groups in total. The van der Waals surface area contributed by atoms with Crippen molar-refractivity contribution in [3.8, 4) is 0 Å². The second-order valence-electron chi connectivity index (χ2n) is 3.35. The van der Waals surface area contributed by atoms with Crippen molar-refractivity contribution < 1.29 is 4.79 Å². The topological polar surface area (TPSA) is 55.1 Å². The van der Waals surface area contributed by atoms with Gasteiger partial charge in [-0.3, -0.25) is 4.79 Å². The van der Waals surface area contributed by atoms with Gasteiger partial charge in [0.2, 0.25) is 0 Å². The van der Waals surface area contributed by atoms with Gasteiger partial charge in [-0.05, 0) is 25.5 Å². The van der Waals surface area contributed by atoms with Gasteiger partial charge in [-0.15, -0.1) is 12.4 Å². The molecule has 0 saturated heterocycles. The van der Waals surface area contributed by atoms with Crippen LogP contribution in [0.25, 0.3) is 0 Å². The molecule has 84 valence electrons. The van der Waals surface area contributed by atoms with Crippen molar-refractivity contribution in [3.05, 3.63) is 29.3 Å². The molecule has 0 atom stereocenters. The number of rotatable bonds is 3. The monoisotopic (exact) mass is 228 g/mol. The lowest BCUT2D eigenvalue weighted by molar-refractivity contribution is 0.0954. The SMILES string of the molecule is CCCNC(=O)c1cc(C)ccc1N.Cl. The van der Waals surface area contributed by atoms with Gasteiger partial charge in [0.05, 0.1) is 5.56 Å². The molecule has 0 radical (unpaired) electrons. The van der Waals surface area contributed by atoms with Crippen LogP contribution in [0.4, 0.5) is 5.69 Å². The van der Waals surface area contributed by atoms with E-state index in [0.29, 0.717) is 17.8 Å². The van der Waals surface area contributed by atoms with E-state index in [4.69, 9.17) is 5.73 Å². The quantitative estimate of drug-likeness (QED) is 0.779. The number of amides is 1. The molecule has 1 amide bonds. The zero-order chi connectivity index (χ0) is 10.6. The number of halogens is 1. The highest BCUT2D eigenvalue weighted by atomic mass is 35.5. The summed E-state index contributed by atoms with van der Waals surface area (Å²) in [7, 11) is 0. The van der Waals surface area contributed by atoms with E-state index >= 15 is 0 Å². The van der Waals surface area contributed by atoms with Gasteiger partial charge >= 0.3 is 0 Å². The van der Waals surface area contributed by atoms with E-state index in [-0.39, 0.29) is 18.3 Å². The number of nitrogens with one attached hydrogen (secondary N) is 1. The number of anilines is 1. The number of carbonyl (C=O) groups is 1. The molecule has 0 aliphatic heterocycles.